The molecule has 1 aromatic rings. The average molecular weight is 193 g/mol. The predicted molar refractivity (Wildman–Crippen MR) is 57.1 cm³/mol. The van der Waals surface area contributed by atoms with Gasteiger partial charge in [-0.3, -0.25) is 4.79 Å². The van der Waals surface area contributed by atoms with E-state index in [1.807, 2.05) is 24.3 Å². The third-order valence-electron chi connectivity index (χ3n) is 2.32. The Labute approximate surface area is 80.2 Å². The first kappa shape index (κ1) is 8.71. The van der Waals surface area contributed by atoms with Crippen molar-refractivity contribution >= 4 is 20.9 Å². The van der Waals surface area contributed by atoms with E-state index in [2.05, 4.69) is 14.1 Å². The molecular formula is C10H12NOP. The molecule has 13 heavy (non-hydrogen) atoms. The zero-order chi connectivity index (χ0) is 9.26. The standard InChI is InChI=1S/C10H12NOP/c12-10-6-3-7-11(13)9-5-2-1-4-8(9)10/h1-2,4-5H,3,6-7,13H2. The number of hydrogen-bond acceptors (Lipinski definition) is 2. The van der Waals surface area contributed by atoms with Gasteiger partial charge in [0.15, 0.2) is 5.78 Å². The summed E-state index contributed by atoms with van der Waals surface area (Å²) in [6.45, 7) is 0.938. The van der Waals surface area contributed by atoms with Crippen molar-refractivity contribution in [2.45, 2.75) is 12.8 Å². The molecule has 2 nitrogen and oxygen atoms in total. The second-order valence-corrected chi connectivity index (χ2v) is 3.86. The van der Waals surface area contributed by atoms with E-state index >= 15 is 0 Å². The number of benzene rings is 1. The molecule has 68 valence electrons. The van der Waals surface area contributed by atoms with Crippen molar-refractivity contribution in [3.8, 4) is 0 Å². The van der Waals surface area contributed by atoms with E-state index in [0.717, 1.165) is 24.2 Å². The number of Topliss-reactive ketones (excluding diaryl/α,β-unsaturated/α-hetero) is 1. The lowest BCUT2D eigenvalue weighted by atomic mass is 10.1. The van der Waals surface area contributed by atoms with Crippen LogP contribution in [0.4, 0.5) is 5.69 Å². The SMILES string of the molecule is O=C1CCCN(P)c2ccccc21. The molecule has 0 saturated heterocycles. The number of anilines is 1. The summed E-state index contributed by atoms with van der Waals surface area (Å²) < 4.78 is 2.07. The maximum Gasteiger partial charge on any atom is 0.165 e. The summed E-state index contributed by atoms with van der Waals surface area (Å²) in [5.41, 5.74) is 1.89. The molecule has 0 spiro atoms. The smallest absolute Gasteiger partial charge is 0.165 e. The fourth-order valence-electron chi connectivity index (χ4n) is 1.62. The Morgan fingerprint density at radius 2 is 2.08 bits per heavy atom. The zero-order valence-electron chi connectivity index (χ0n) is 7.36. The maximum atomic E-state index is 11.6. The molecule has 1 heterocycles. The van der Waals surface area contributed by atoms with Gasteiger partial charge in [-0.15, -0.1) is 0 Å². The first-order valence-electron chi connectivity index (χ1n) is 4.43. The fraction of sp³-hybridized carbons (Fsp3) is 0.300. The highest BCUT2D eigenvalue weighted by atomic mass is 31.0. The minimum Gasteiger partial charge on any atom is -0.355 e. The van der Waals surface area contributed by atoms with Crippen molar-refractivity contribution in [3.05, 3.63) is 29.8 Å². The predicted octanol–water partition coefficient (Wildman–Crippen LogP) is 2.26. The first-order chi connectivity index (χ1) is 6.29. The quantitative estimate of drug-likeness (QED) is 0.589. The Hall–Kier alpha value is -0.880. The van der Waals surface area contributed by atoms with Crippen molar-refractivity contribution in [1.82, 2.24) is 0 Å². The van der Waals surface area contributed by atoms with Crippen LogP contribution in [0.3, 0.4) is 0 Å². The molecule has 0 amide bonds. The molecule has 0 bridgehead atoms. The van der Waals surface area contributed by atoms with Gasteiger partial charge in [0.1, 0.15) is 0 Å². The van der Waals surface area contributed by atoms with E-state index in [-0.39, 0.29) is 5.78 Å². The van der Waals surface area contributed by atoms with Gasteiger partial charge in [-0.05, 0) is 27.9 Å². The lowest BCUT2D eigenvalue weighted by Crippen LogP contribution is -2.09. The topological polar surface area (TPSA) is 20.3 Å². The van der Waals surface area contributed by atoms with Gasteiger partial charge < -0.3 is 4.67 Å². The van der Waals surface area contributed by atoms with Gasteiger partial charge in [0.25, 0.3) is 0 Å². The number of carbonyl (C=O) groups is 1. The van der Waals surface area contributed by atoms with Gasteiger partial charge in [0.2, 0.25) is 0 Å². The van der Waals surface area contributed by atoms with E-state index in [0.29, 0.717) is 6.42 Å². The van der Waals surface area contributed by atoms with Gasteiger partial charge in [-0.2, -0.15) is 0 Å². The minimum absolute atomic E-state index is 0.264. The summed E-state index contributed by atoms with van der Waals surface area (Å²) in [6.07, 6.45) is 1.61. The monoisotopic (exact) mass is 193 g/mol. The van der Waals surface area contributed by atoms with E-state index in [1.165, 1.54) is 0 Å². The van der Waals surface area contributed by atoms with Crippen LogP contribution in [-0.4, -0.2) is 12.3 Å². The Kier molecular flexibility index (Phi) is 2.32. The van der Waals surface area contributed by atoms with Gasteiger partial charge in [-0.1, -0.05) is 12.1 Å². The number of rotatable bonds is 0. The molecule has 0 N–H and O–H groups in total. The molecule has 0 aromatic heterocycles. The maximum absolute atomic E-state index is 11.6. The molecule has 0 radical (unpaired) electrons. The van der Waals surface area contributed by atoms with Crippen LogP contribution < -0.4 is 4.67 Å². The first-order valence-corrected chi connectivity index (χ1v) is 4.95. The molecule has 1 aliphatic heterocycles. The molecule has 1 atom stereocenters. The Morgan fingerprint density at radius 3 is 2.92 bits per heavy atom. The number of para-hydroxylation sites is 1. The Balaban J connectivity index is 2.51. The van der Waals surface area contributed by atoms with Crippen LogP contribution in [0.1, 0.15) is 23.2 Å². The van der Waals surface area contributed by atoms with Crippen molar-refractivity contribution < 1.29 is 4.79 Å². The van der Waals surface area contributed by atoms with Crippen LogP contribution in [-0.2, 0) is 0 Å². The average Bonchev–Trinajstić information content (AvgIpc) is 2.29. The molecular weight excluding hydrogens is 181 g/mol. The van der Waals surface area contributed by atoms with Crippen LogP contribution in [0.15, 0.2) is 24.3 Å². The van der Waals surface area contributed by atoms with Crippen LogP contribution in [0.2, 0.25) is 0 Å². The van der Waals surface area contributed by atoms with Crippen molar-refractivity contribution in [2.24, 2.45) is 0 Å². The summed E-state index contributed by atoms with van der Waals surface area (Å²) in [7, 11) is 2.66. The van der Waals surface area contributed by atoms with Gasteiger partial charge in [0, 0.05) is 18.5 Å². The molecule has 2 rings (SSSR count). The third-order valence-corrected chi connectivity index (χ3v) is 2.85. The van der Waals surface area contributed by atoms with E-state index in [4.69, 9.17) is 0 Å². The molecule has 0 fully saturated rings. The summed E-state index contributed by atoms with van der Waals surface area (Å²) in [5, 5.41) is 0. The molecule has 0 saturated carbocycles. The fourth-order valence-corrected chi connectivity index (χ4v) is 2.03. The largest absolute Gasteiger partial charge is 0.355 e. The van der Waals surface area contributed by atoms with Crippen molar-refractivity contribution in [2.75, 3.05) is 11.2 Å². The van der Waals surface area contributed by atoms with Crippen LogP contribution in [0, 0.1) is 0 Å². The number of fused-ring (bicyclic) bond motifs is 1. The summed E-state index contributed by atoms with van der Waals surface area (Å²) >= 11 is 0. The lowest BCUT2D eigenvalue weighted by molar-refractivity contribution is 0.0984. The van der Waals surface area contributed by atoms with E-state index < -0.39 is 0 Å². The summed E-state index contributed by atoms with van der Waals surface area (Å²) in [4.78, 5) is 11.6. The number of carbonyl (C=O) groups excluding carboxylic acids is 1. The van der Waals surface area contributed by atoms with E-state index in [1.54, 1.807) is 0 Å². The summed E-state index contributed by atoms with van der Waals surface area (Å²) in [6, 6.07) is 7.78. The van der Waals surface area contributed by atoms with Gasteiger partial charge >= 0.3 is 0 Å². The highest BCUT2D eigenvalue weighted by molar-refractivity contribution is 7.19. The van der Waals surface area contributed by atoms with Crippen LogP contribution in [0.5, 0.6) is 0 Å². The third kappa shape index (κ3) is 1.59. The zero-order valence-corrected chi connectivity index (χ0v) is 8.52. The lowest BCUT2D eigenvalue weighted by Gasteiger charge is -2.17. The molecule has 0 aliphatic carbocycles. The molecule has 1 unspecified atom stereocenters. The van der Waals surface area contributed by atoms with E-state index in [9.17, 15) is 4.79 Å². The number of nitrogens with zero attached hydrogens (tertiary/aromatic N) is 1. The van der Waals surface area contributed by atoms with Crippen LogP contribution in [0.25, 0.3) is 0 Å². The molecule has 1 aromatic carbocycles. The normalized spacial score (nSPS) is 16.7. The molecule has 3 heteroatoms. The number of ketones is 1. The highest BCUT2D eigenvalue weighted by Gasteiger charge is 2.17. The summed E-state index contributed by atoms with van der Waals surface area (Å²) in [5.74, 6) is 0.264. The van der Waals surface area contributed by atoms with Crippen molar-refractivity contribution in [3.63, 3.8) is 0 Å². The second kappa shape index (κ2) is 3.47. The Bertz CT molecular complexity index is 337. The van der Waals surface area contributed by atoms with Gasteiger partial charge in [0.05, 0.1) is 5.69 Å². The second-order valence-electron chi connectivity index (χ2n) is 3.24. The minimum atomic E-state index is 0.264. The highest BCUT2D eigenvalue weighted by Crippen LogP contribution is 2.28. The Morgan fingerprint density at radius 1 is 1.31 bits per heavy atom. The van der Waals surface area contributed by atoms with Crippen molar-refractivity contribution in [1.29, 1.82) is 0 Å². The molecule has 1 aliphatic rings. The van der Waals surface area contributed by atoms with Gasteiger partial charge in [-0.25, -0.2) is 0 Å². The number of hydrogen-bond donors (Lipinski definition) is 0. The van der Waals surface area contributed by atoms with Crippen LogP contribution >= 0.6 is 9.39 Å².